The summed E-state index contributed by atoms with van der Waals surface area (Å²) in [6.45, 7) is 0. The van der Waals surface area contributed by atoms with Gasteiger partial charge in [-0.1, -0.05) is 0 Å². The molecule has 0 unspecified atom stereocenters. The maximum Gasteiger partial charge on any atom is 0.343 e. The number of benzene rings is 5. The van der Waals surface area contributed by atoms with Gasteiger partial charge in [-0.15, -0.1) is 0 Å². The highest BCUT2D eigenvalue weighted by Gasteiger charge is 2.21. The van der Waals surface area contributed by atoms with Gasteiger partial charge in [-0.2, -0.15) is 5.10 Å². The van der Waals surface area contributed by atoms with E-state index in [9.17, 15) is 34.6 Å². The lowest BCUT2D eigenvalue weighted by molar-refractivity contribution is -0.385. The molecule has 0 atom stereocenters. The quantitative estimate of drug-likeness (QED) is 0.0458. The van der Waals surface area contributed by atoms with Crippen LogP contribution in [0.25, 0.3) is 0 Å². The molecule has 0 aliphatic rings. The van der Waals surface area contributed by atoms with E-state index in [-0.39, 0.29) is 33.8 Å². The number of hydrogen-bond donors (Lipinski definition) is 1. The first-order valence-corrected chi connectivity index (χ1v) is 15.3. The summed E-state index contributed by atoms with van der Waals surface area (Å²) in [7, 11) is 2.95. The number of ether oxygens (including phenoxy) is 4. The lowest BCUT2D eigenvalue weighted by Gasteiger charge is -2.07. The largest absolute Gasteiger partial charge is 0.497 e. The predicted octanol–water partition coefficient (Wildman–Crippen LogP) is 6.47. The van der Waals surface area contributed by atoms with Crippen molar-refractivity contribution in [3.8, 4) is 23.0 Å². The molecule has 0 aromatic heterocycles. The fourth-order valence-corrected chi connectivity index (χ4v) is 4.54. The summed E-state index contributed by atoms with van der Waals surface area (Å²) in [6, 6.07) is 25.9. The molecule has 1 amide bonds. The maximum absolute atomic E-state index is 12.6. The van der Waals surface area contributed by atoms with Crippen LogP contribution >= 0.6 is 0 Å². The number of hydrogen-bond acceptors (Lipinski definition) is 13. The van der Waals surface area contributed by atoms with E-state index < -0.39 is 39.1 Å². The second kappa shape index (κ2) is 16.8. The van der Waals surface area contributed by atoms with Gasteiger partial charge in [-0.3, -0.25) is 30.0 Å². The van der Waals surface area contributed by atoms with Gasteiger partial charge >= 0.3 is 23.3 Å². The third kappa shape index (κ3) is 9.49. The SMILES string of the molecule is COc1ccc(C(=O)Oc2ccc(C=Nc3ccc(C(=O)N/N=C/c4ccc(OC(=O)c5ccc(OC)cc5)c([N+](=O)[O-])c4)cc3)cc2[N+](=O)[O-])cc1. The number of nitrogens with zero attached hydrogens (tertiary/aromatic N) is 4. The van der Waals surface area contributed by atoms with Gasteiger partial charge in [-0.25, -0.2) is 15.0 Å². The first-order chi connectivity index (χ1) is 25.5. The summed E-state index contributed by atoms with van der Waals surface area (Å²) in [5.74, 6) is -1.64. The number of nitro groups is 2. The summed E-state index contributed by atoms with van der Waals surface area (Å²) in [6.07, 6.45) is 2.55. The summed E-state index contributed by atoms with van der Waals surface area (Å²) in [4.78, 5) is 63.9. The van der Waals surface area contributed by atoms with E-state index in [0.717, 1.165) is 6.07 Å². The van der Waals surface area contributed by atoms with Gasteiger partial charge < -0.3 is 18.9 Å². The Bertz CT molecular complexity index is 2240. The zero-order chi connectivity index (χ0) is 37.9. The Labute approximate surface area is 300 Å². The first kappa shape index (κ1) is 36.5. The lowest BCUT2D eigenvalue weighted by atomic mass is 10.2. The van der Waals surface area contributed by atoms with Crippen molar-refractivity contribution in [1.29, 1.82) is 0 Å². The zero-order valence-corrected chi connectivity index (χ0v) is 27.8. The van der Waals surface area contributed by atoms with Crippen molar-refractivity contribution in [3.63, 3.8) is 0 Å². The highest BCUT2D eigenvalue weighted by molar-refractivity contribution is 5.96. The molecule has 5 aromatic rings. The van der Waals surface area contributed by atoms with Crippen LogP contribution in [0.1, 0.15) is 42.2 Å². The number of methoxy groups -OCH3 is 2. The van der Waals surface area contributed by atoms with Crippen LogP contribution in [0.5, 0.6) is 23.0 Å². The standard InChI is InChI=1S/C37H27N5O11/c1-50-29-13-7-26(8-14-29)36(44)52-33-17-3-23(19-31(33)41(46)47)21-38-28-11-5-25(6-12-28)35(43)40-39-22-24-4-18-34(32(20-24)42(48)49)53-37(45)27-9-15-30(51-2)16-10-27/h3-22H,1-2H3,(H,40,43)/b38-21?,39-22+. The Morgan fingerprint density at radius 1 is 0.604 bits per heavy atom. The van der Waals surface area contributed by atoms with E-state index in [1.54, 1.807) is 24.3 Å². The molecule has 16 nitrogen and oxygen atoms in total. The molecule has 0 aliphatic heterocycles. The molecule has 0 saturated heterocycles. The number of rotatable bonds is 13. The number of aliphatic imine (C=N–C) groups is 1. The number of hydrazone groups is 1. The van der Waals surface area contributed by atoms with Crippen LogP contribution in [0.4, 0.5) is 17.1 Å². The maximum atomic E-state index is 12.6. The van der Waals surface area contributed by atoms with Crippen LogP contribution in [0.15, 0.2) is 119 Å². The Morgan fingerprint density at radius 2 is 1.04 bits per heavy atom. The van der Waals surface area contributed by atoms with Gasteiger partial charge in [0.15, 0.2) is 0 Å². The lowest BCUT2D eigenvalue weighted by Crippen LogP contribution is -2.17. The molecule has 0 aliphatic carbocycles. The molecule has 16 heteroatoms. The normalized spacial score (nSPS) is 10.8. The van der Waals surface area contributed by atoms with E-state index in [1.807, 2.05) is 0 Å². The average molecular weight is 718 g/mol. The smallest absolute Gasteiger partial charge is 0.343 e. The first-order valence-electron chi connectivity index (χ1n) is 15.3. The topological polar surface area (TPSA) is 211 Å². The molecule has 1 N–H and O–H groups in total. The number of carbonyl (C=O) groups excluding carboxylic acids is 3. The van der Waals surface area contributed by atoms with Gasteiger partial charge in [0, 0.05) is 29.5 Å². The second-order valence-corrected chi connectivity index (χ2v) is 10.7. The number of nitro benzene ring substituents is 2. The Hall–Kier alpha value is -7.75. The molecule has 0 radical (unpaired) electrons. The van der Waals surface area contributed by atoms with E-state index >= 15 is 0 Å². The highest BCUT2D eigenvalue weighted by atomic mass is 16.6. The van der Waals surface area contributed by atoms with Crippen LogP contribution in [0, 0.1) is 20.2 Å². The number of carbonyl (C=O) groups is 3. The monoisotopic (exact) mass is 717 g/mol. The minimum Gasteiger partial charge on any atom is -0.497 e. The van der Waals surface area contributed by atoms with Crippen molar-refractivity contribution >= 4 is 47.3 Å². The fraction of sp³-hybridized carbons (Fsp3) is 0.0541. The average Bonchev–Trinajstić information content (AvgIpc) is 3.17. The molecule has 0 bridgehead atoms. The van der Waals surface area contributed by atoms with E-state index in [2.05, 4.69) is 15.5 Å². The summed E-state index contributed by atoms with van der Waals surface area (Å²) < 4.78 is 20.6. The van der Waals surface area contributed by atoms with E-state index in [1.165, 1.54) is 106 Å². The van der Waals surface area contributed by atoms with Crippen molar-refractivity contribution < 1.29 is 43.2 Å². The van der Waals surface area contributed by atoms with Gasteiger partial charge in [0.05, 0.1) is 47.1 Å². The molecule has 0 spiro atoms. The molecule has 266 valence electrons. The van der Waals surface area contributed by atoms with Gasteiger partial charge in [0.25, 0.3) is 5.91 Å². The predicted molar refractivity (Wildman–Crippen MR) is 191 cm³/mol. The van der Waals surface area contributed by atoms with Gasteiger partial charge in [0.1, 0.15) is 11.5 Å². The molecular weight excluding hydrogens is 690 g/mol. The second-order valence-electron chi connectivity index (χ2n) is 10.7. The van der Waals surface area contributed by atoms with Crippen LogP contribution in [0.2, 0.25) is 0 Å². The third-order valence-corrected chi connectivity index (χ3v) is 7.29. The molecular formula is C37H27N5O11. The van der Waals surface area contributed by atoms with Crippen LogP contribution < -0.4 is 24.4 Å². The highest BCUT2D eigenvalue weighted by Crippen LogP contribution is 2.30. The summed E-state index contributed by atoms with van der Waals surface area (Å²) in [5.41, 5.74) is 2.96. The Kier molecular flexibility index (Phi) is 11.6. The van der Waals surface area contributed by atoms with Crippen LogP contribution in [-0.2, 0) is 0 Å². The van der Waals surface area contributed by atoms with Crippen molar-refractivity contribution in [2.75, 3.05) is 14.2 Å². The van der Waals surface area contributed by atoms with Crippen molar-refractivity contribution in [1.82, 2.24) is 5.43 Å². The fourth-order valence-electron chi connectivity index (χ4n) is 4.54. The summed E-state index contributed by atoms with van der Waals surface area (Å²) >= 11 is 0. The molecule has 5 aromatic carbocycles. The molecule has 5 rings (SSSR count). The van der Waals surface area contributed by atoms with Gasteiger partial charge in [0.2, 0.25) is 11.5 Å². The Balaban J connectivity index is 1.18. The zero-order valence-electron chi connectivity index (χ0n) is 27.8. The van der Waals surface area contributed by atoms with Crippen LogP contribution in [0.3, 0.4) is 0 Å². The molecule has 0 heterocycles. The number of esters is 2. The third-order valence-electron chi connectivity index (χ3n) is 7.29. The number of nitrogens with one attached hydrogen (secondary N) is 1. The molecule has 0 saturated carbocycles. The molecule has 53 heavy (non-hydrogen) atoms. The van der Waals surface area contributed by atoms with Crippen molar-refractivity contribution in [2.24, 2.45) is 10.1 Å². The molecule has 0 fully saturated rings. The van der Waals surface area contributed by atoms with Gasteiger partial charge in [-0.05, 0) is 103 Å². The van der Waals surface area contributed by atoms with Crippen molar-refractivity contribution in [3.05, 3.63) is 157 Å². The Morgan fingerprint density at radius 3 is 1.47 bits per heavy atom. The minimum absolute atomic E-state index is 0.164. The summed E-state index contributed by atoms with van der Waals surface area (Å²) in [5, 5.41) is 27.2. The van der Waals surface area contributed by atoms with Crippen LogP contribution in [-0.4, -0.2) is 54.3 Å². The number of amides is 1. The van der Waals surface area contributed by atoms with E-state index in [4.69, 9.17) is 18.9 Å². The van der Waals surface area contributed by atoms with Crippen molar-refractivity contribution in [2.45, 2.75) is 0 Å². The van der Waals surface area contributed by atoms with E-state index in [0.29, 0.717) is 22.7 Å². The minimum atomic E-state index is -0.801.